The summed E-state index contributed by atoms with van der Waals surface area (Å²) in [6.45, 7) is 2.52. The van der Waals surface area contributed by atoms with Crippen molar-refractivity contribution >= 4 is 15.9 Å². The quantitative estimate of drug-likeness (QED) is 0.852. The molecule has 2 aliphatic heterocycles. The Morgan fingerprint density at radius 1 is 1.04 bits per heavy atom. The highest BCUT2D eigenvalue weighted by Crippen LogP contribution is 2.43. The van der Waals surface area contributed by atoms with Gasteiger partial charge in [-0.15, -0.1) is 0 Å². The lowest BCUT2D eigenvalue weighted by Crippen LogP contribution is -2.34. The second-order valence-electron chi connectivity index (χ2n) is 6.96. The van der Waals surface area contributed by atoms with E-state index in [0.717, 1.165) is 18.7 Å². The smallest absolute Gasteiger partial charge is 0.254 e. The van der Waals surface area contributed by atoms with Gasteiger partial charge in [-0.1, -0.05) is 30.3 Å². The second kappa shape index (κ2) is 6.50. The van der Waals surface area contributed by atoms with Crippen LogP contribution in [0.25, 0.3) is 0 Å². The Kier molecular flexibility index (Phi) is 4.30. The number of nitrogens with one attached hydrogen (secondary N) is 1. The first-order valence-corrected chi connectivity index (χ1v) is 10.2. The van der Waals surface area contributed by atoms with Crippen molar-refractivity contribution in [2.75, 3.05) is 19.6 Å². The van der Waals surface area contributed by atoms with Crippen LogP contribution >= 0.6 is 0 Å². The second-order valence-corrected chi connectivity index (χ2v) is 8.53. The van der Waals surface area contributed by atoms with E-state index in [2.05, 4.69) is 17.4 Å². The Labute approximate surface area is 153 Å². The van der Waals surface area contributed by atoms with E-state index in [0.29, 0.717) is 23.9 Å². The minimum Gasteiger partial charge on any atom is -0.331 e. The van der Waals surface area contributed by atoms with Gasteiger partial charge in [0.05, 0.1) is 10.9 Å². The first kappa shape index (κ1) is 17.2. The van der Waals surface area contributed by atoms with Crippen LogP contribution in [0.1, 0.15) is 22.0 Å². The summed E-state index contributed by atoms with van der Waals surface area (Å²) in [6.07, 6.45) is 0. The normalized spacial score (nSPS) is 25.3. The number of likely N-dealkylation sites (tertiary alicyclic amines) is 1. The summed E-state index contributed by atoms with van der Waals surface area (Å²) in [5.41, 5.74) is 1.62. The Balaban J connectivity index is 1.66. The summed E-state index contributed by atoms with van der Waals surface area (Å²) in [7, 11) is -3.76. The lowest BCUT2D eigenvalue weighted by Gasteiger charge is -2.28. The molecule has 2 aromatic rings. The molecule has 136 valence electrons. The van der Waals surface area contributed by atoms with Gasteiger partial charge >= 0.3 is 0 Å². The fraction of sp³-hybridized carbons (Fsp3) is 0.316. The molecule has 7 heteroatoms. The molecular weight excluding hydrogens is 350 g/mol. The number of primary sulfonamides is 1. The lowest BCUT2D eigenvalue weighted by molar-refractivity contribution is 0.0714. The molecule has 2 fully saturated rings. The van der Waals surface area contributed by atoms with Crippen LogP contribution in [0.5, 0.6) is 0 Å². The average molecular weight is 371 g/mol. The zero-order chi connectivity index (χ0) is 18.3. The van der Waals surface area contributed by atoms with Crippen molar-refractivity contribution in [2.45, 2.75) is 10.9 Å². The molecule has 26 heavy (non-hydrogen) atoms. The maximum atomic E-state index is 13.1. The van der Waals surface area contributed by atoms with Crippen molar-refractivity contribution in [1.29, 1.82) is 0 Å². The first-order valence-electron chi connectivity index (χ1n) is 8.64. The van der Waals surface area contributed by atoms with Crippen LogP contribution in [-0.2, 0) is 10.0 Å². The van der Waals surface area contributed by atoms with Crippen molar-refractivity contribution < 1.29 is 13.2 Å². The van der Waals surface area contributed by atoms with E-state index in [-0.39, 0.29) is 16.8 Å². The third kappa shape index (κ3) is 3.02. The molecule has 0 aliphatic carbocycles. The molecule has 6 nitrogen and oxygen atoms in total. The van der Waals surface area contributed by atoms with Gasteiger partial charge in [-0.05, 0) is 35.7 Å². The Bertz CT molecular complexity index is 913. The largest absolute Gasteiger partial charge is 0.331 e. The predicted octanol–water partition coefficient (Wildman–Crippen LogP) is 1.37. The Morgan fingerprint density at radius 3 is 2.38 bits per heavy atom. The molecule has 0 spiro atoms. The number of fused-ring (bicyclic) bond motifs is 1. The van der Waals surface area contributed by atoms with E-state index in [1.54, 1.807) is 0 Å². The maximum absolute atomic E-state index is 13.1. The summed E-state index contributed by atoms with van der Waals surface area (Å²) in [5.74, 6) is 0.757. The van der Waals surface area contributed by atoms with Crippen molar-refractivity contribution in [1.82, 2.24) is 10.2 Å². The Morgan fingerprint density at radius 2 is 1.73 bits per heavy atom. The summed E-state index contributed by atoms with van der Waals surface area (Å²) < 4.78 is 22.8. The van der Waals surface area contributed by atoms with Crippen LogP contribution in [-0.4, -0.2) is 38.9 Å². The van der Waals surface area contributed by atoms with Gasteiger partial charge in [0.25, 0.3) is 5.91 Å². The number of carbonyl (C=O) groups is 1. The lowest BCUT2D eigenvalue weighted by atomic mass is 9.89. The van der Waals surface area contributed by atoms with Gasteiger partial charge in [0.2, 0.25) is 10.0 Å². The maximum Gasteiger partial charge on any atom is 0.254 e. The monoisotopic (exact) mass is 371 g/mol. The van der Waals surface area contributed by atoms with Crippen LogP contribution in [0, 0.1) is 11.8 Å². The van der Waals surface area contributed by atoms with E-state index < -0.39 is 10.0 Å². The molecule has 2 aromatic carbocycles. The fourth-order valence-electron chi connectivity index (χ4n) is 4.16. The van der Waals surface area contributed by atoms with E-state index in [9.17, 15) is 13.2 Å². The zero-order valence-corrected chi connectivity index (χ0v) is 15.0. The van der Waals surface area contributed by atoms with Gasteiger partial charge in [-0.25, -0.2) is 13.6 Å². The van der Waals surface area contributed by atoms with Crippen LogP contribution in [0.4, 0.5) is 0 Å². The van der Waals surface area contributed by atoms with E-state index in [4.69, 9.17) is 5.14 Å². The summed E-state index contributed by atoms with van der Waals surface area (Å²) in [6, 6.07) is 16.0. The van der Waals surface area contributed by atoms with E-state index >= 15 is 0 Å². The summed E-state index contributed by atoms with van der Waals surface area (Å²) >= 11 is 0. The van der Waals surface area contributed by atoms with Gasteiger partial charge in [0.15, 0.2) is 0 Å². The molecule has 4 rings (SSSR count). The number of nitrogens with two attached hydrogens (primary N) is 1. The van der Waals surface area contributed by atoms with E-state index in [1.165, 1.54) is 24.3 Å². The first-order chi connectivity index (χ1) is 12.4. The SMILES string of the molecule is NS(=O)(=O)c1ccc(C(=O)N2C[C@@H]3CNC[C@@H]3[C@H]2c2ccccc2)cc1. The molecule has 0 aromatic heterocycles. The third-order valence-electron chi connectivity index (χ3n) is 5.40. The molecule has 3 N–H and O–H groups in total. The van der Waals surface area contributed by atoms with Crippen molar-refractivity contribution in [3.63, 3.8) is 0 Å². The van der Waals surface area contributed by atoms with Crippen molar-refractivity contribution in [3.8, 4) is 0 Å². The van der Waals surface area contributed by atoms with Crippen LogP contribution in [0.2, 0.25) is 0 Å². The van der Waals surface area contributed by atoms with E-state index in [1.807, 2.05) is 23.1 Å². The number of nitrogens with zero attached hydrogens (tertiary/aromatic N) is 1. The van der Waals surface area contributed by atoms with Gasteiger partial charge < -0.3 is 10.2 Å². The molecule has 0 bridgehead atoms. The molecule has 0 unspecified atom stereocenters. The minimum absolute atomic E-state index is 0.0103. The highest BCUT2D eigenvalue weighted by molar-refractivity contribution is 7.89. The highest BCUT2D eigenvalue weighted by Gasteiger charge is 2.46. The number of sulfonamides is 1. The molecule has 0 radical (unpaired) electrons. The van der Waals surface area contributed by atoms with Crippen LogP contribution < -0.4 is 10.5 Å². The Hall–Kier alpha value is -2.22. The molecule has 0 saturated carbocycles. The van der Waals surface area contributed by atoms with Crippen LogP contribution in [0.3, 0.4) is 0 Å². The molecule has 2 heterocycles. The fourth-order valence-corrected chi connectivity index (χ4v) is 4.68. The molecule has 2 saturated heterocycles. The molecular formula is C19H21N3O3S. The van der Waals surface area contributed by atoms with Gasteiger partial charge in [0.1, 0.15) is 0 Å². The zero-order valence-electron chi connectivity index (χ0n) is 14.2. The number of carbonyl (C=O) groups excluding carboxylic acids is 1. The molecule has 3 atom stereocenters. The number of hydrogen-bond donors (Lipinski definition) is 2. The molecule has 1 amide bonds. The number of rotatable bonds is 3. The third-order valence-corrected chi connectivity index (χ3v) is 6.33. The summed E-state index contributed by atoms with van der Waals surface area (Å²) in [4.78, 5) is 15.1. The van der Waals surface area contributed by atoms with Gasteiger partial charge in [-0.2, -0.15) is 0 Å². The molecule has 2 aliphatic rings. The van der Waals surface area contributed by atoms with Crippen LogP contribution in [0.15, 0.2) is 59.5 Å². The van der Waals surface area contributed by atoms with Gasteiger partial charge in [-0.3, -0.25) is 4.79 Å². The standard InChI is InChI=1S/C19H21N3O3S/c20-26(24,25)16-8-6-14(7-9-16)19(23)22-12-15-10-21-11-17(15)18(22)13-4-2-1-3-5-13/h1-9,15,17-18,21H,10-12H2,(H2,20,24,25)/t15-,17-,18+/m0/s1. The number of amides is 1. The number of hydrogen-bond acceptors (Lipinski definition) is 4. The topological polar surface area (TPSA) is 92.5 Å². The summed E-state index contributed by atoms with van der Waals surface area (Å²) in [5, 5.41) is 8.56. The highest BCUT2D eigenvalue weighted by atomic mass is 32.2. The van der Waals surface area contributed by atoms with Gasteiger partial charge in [0, 0.05) is 31.1 Å². The predicted molar refractivity (Wildman–Crippen MR) is 97.9 cm³/mol. The number of benzene rings is 2. The average Bonchev–Trinajstić information content (AvgIpc) is 3.22. The minimum atomic E-state index is -3.76. The van der Waals surface area contributed by atoms with Crippen molar-refractivity contribution in [3.05, 3.63) is 65.7 Å². The van der Waals surface area contributed by atoms with Crippen molar-refractivity contribution in [2.24, 2.45) is 17.0 Å².